The molecule has 2 amide bonds. The number of rotatable bonds is 7. The highest BCUT2D eigenvalue weighted by Crippen LogP contribution is 2.23. The summed E-state index contributed by atoms with van der Waals surface area (Å²) in [6.45, 7) is 2.42. The molecule has 0 unspecified atom stereocenters. The second-order valence-corrected chi connectivity index (χ2v) is 5.18. The van der Waals surface area contributed by atoms with Gasteiger partial charge in [0.25, 0.3) is 0 Å². The Labute approximate surface area is 124 Å². The van der Waals surface area contributed by atoms with Gasteiger partial charge in [-0.05, 0) is 26.2 Å². The van der Waals surface area contributed by atoms with Crippen LogP contribution in [0.3, 0.4) is 0 Å². The zero-order chi connectivity index (χ0) is 15.8. The van der Waals surface area contributed by atoms with E-state index in [1.165, 1.54) is 7.11 Å². The third-order valence-corrected chi connectivity index (χ3v) is 3.83. The van der Waals surface area contributed by atoms with Crippen LogP contribution in [-0.4, -0.2) is 53.7 Å². The molecule has 0 aromatic carbocycles. The number of carboxylic acids is 1. The summed E-state index contributed by atoms with van der Waals surface area (Å²) in [5, 5.41) is 11.6. The van der Waals surface area contributed by atoms with Crippen LogP contribution in [-0.2, 0) is 14.3 Å². The molecule has 1 saturated carbocycles. The average molecular weight is 300 g/mol. The maximum absolute atomic E-state index is 12.2. The Balaban J connectivity index is 2.57. The van der Waals surface area contributed by atoms with Crippen LogP contribution in [0, 0.1) is 0 Å². The Bertz CT molecular complexity index is 380. The molecule has 120 valence electrons. The summed E-state index contributed by atoms with van der Waals surface area (Å²) >= 11 is 0. The first-order valence-corrected chi connectivity index (χ1v) is 7.36. The number of hydrogen-bond acceptors (Lipinski definition) is 4. The van der Waals surface area contributed by atoms with E-state index in [2.05, 4.69) is 10.1 Å². The van der Waals surface area contributed by atoms with E-state index in [0.29, 0.717) is 6.54 Å². The summed E-state index contributed by atoms with van der Waals surface area (Å²) in [5.41, 5.74) is 0. The predicted molar refractivity (Wildman–Crippen MR) is 75.8 cm³/mol. The van der Waals surface area contributed by atoms with Crippen molar-refractivity contribution in [1.29, 1.82) is 0 Å². The van der Waals surface area contributed by atoms with Crippen molar-refractivity contribution in [3.8, 4) is 0 Å². The molecule has 0 radical (unpaired) electrons. The van der Waals surface area contributed by atoms with Crippen LogP contribution < -0.4 is 5.32 Å². The Morgan fingerprint density at radius 2 is 1.95 bits per heavy atom. The molecule has 0 aromatic heterocycles. The molecule has 7 heteroatoms. The van der Waals surface area contributed by atoms with Crippen molar-refractivity contribution in [2.45, 2.75) is 57.5 Å². The lowest BCUT2D eigenvalue weighted by atomic mass is 10.1. The van der Waals surface area contributed by atoms with Gasteiger partial charge in [0.05, 0.1) is 7.11 Å². The summed E-state index contributed by atoms with van der Waals surface area (Å²) in [6.07, 6.45) is 4.10. The smallest absolute Gasteiger partial charge is 0.326 e. The molecule has 1 rings (SSSR count). The Hall–Kier alpha value is -1.79. The third-order valence-electron chi connectivity index (χ3n) is 3.83. The average Bonchev–Trinajstić information content (AvgIpc) is 2.97. The normalized spacial score (nSPS) is 16.3. The van der Waals surface area contributed by atoms with E-state index in [4.69, 9.17) is 5.11 Å². The number of carbonyl (C=O) groups is 3. The number of hydrogen-bond donors (Lipinski definition) is 2. The second kappa shape index (κ2) is 8.49. The van der Waals surface area contributed by atoms with Crippen LogP contribution in [0.15, 0.2) is 0 Å². The number of urea groups is 1. The van der Waals surface area contributed by atoms with E-state index in [1.807, 2.05) is 6.92 Å². The minimum Gasteiger partial charge on any atom is -0.480 e. The van der Waals surface area contributed by atoms with Crippen molar-refractivity contribution in [2.24, 2.45) is 0 Å². The van der Waals surface area contributed by atoms with Crippen molar-refractivity contribution < 1.29 is 24.2 Å². The molecular weight excluding hydrogens is 276 g/mol. The molecule has 1 atom stereocenters. The fourth-order valence-electron chi connectivity index (χ4n) is 2.64. The lowest BCUT2D eigenvalue weighted by molar-refractivity contribution is -0.142. The molecule has 0 aliphatic heterocycles. The van der Waals surface area contributed by atoms with Gasteiger partial charge in [0.2, 0.25) is 0 Å². The van der Waals surface area contributed by atoms with Crippen LogP contribution in [0.25, 0.3) is 0 Å². The molecule has 1 aliphatic carbocycles. The number of ether oxygens (including phenoxy) is 1. The summed E-state index contributed by atoms with van der Waals surface area (Å²) in [7, 11) is 1.25. The molecular formula is C14H24N2O5. The van der Waals surface area contributed by atoms with Crippen LogP contribution in [0.4, 0.5) is 4.79 Å². The zero-order valence-corrected chi connectivity index (χ0v) is 12.6. The van der Waals surface area contributed by atoms with Crippen molar-refractivity contribution in [2.75, 3.05) is 13.7 Å². The first-order chi connectivity index (χ1) is 9.99. The van der Waals surface area contributed by atoms with Crippen molar-refractivity contribution in [3.05, 3.63) is 0 Å². The quantitative estimate of drug-likeness (QED) is 0.692. The van der Waals surface area contributed by atoms with Crippen LogP contribution in [0.2, 0.25) is 0 Å². The maximum atomic E-state index is 12.2. The largest absolute Gasteiger partial charge is 0.480 e. The molecule has 0 saturated heterocycles. The second-order valence-electron chi connectivity index (χ2n) is 5.18. The van der Waals surface area contributed by atoms with Crippen LogP contribution >= 0.6 is 0 Å². The molecule has 2 N–H and O–H groups in total. The fraction of sp³-hybridized carbons (Fsp3) is 0.786. The molecule has 1 aliphatic rings. The van der Waals surface area contributed by atoms with Gasteiger partial charge in [-0.3, -0.25) is 4.79 Å². The molecule has 0 bridgehead atoms. The topological polar surface area (TPSA) is 95.9 Å². The minimum absolute atomic E-state index is 0.0238. The maximum Gasteiger partial charge on any atom is 0.326 e. The summed E-state index contributed by atoms with van der Waals surface area (Å²) in [6, 6.07) is -1.27. The number of esters is 1. The number of carbonyl (C=O) groups excluding carboxylic acids is 2. The van der Waals surface area contributed by atoms with E-state index in [9.17, 15) is 14.4 Å². The third kappa shape index (κ3) is 5.24. The van der Waals surface area contributed by atoms with Gasteiger partial charge in [-0.1, -0.05) is 12.8 Å². The number of nitrogens with zero attached hydrogens (tertiary/aromatic N) is 1. The lowest BCUT2D eigenvalue weighted by Gasteiger charge is -2.29. The molecule has 1 fully saturated rings. The molecule has 7 nitrogen and oxygen atoms in total. The molecule has 0 heterocycles. The Morgan fingerprint density at radius 1 is 1.33 bits per heavy atom. The van der Waals surface area contributed by atoms with Crippen LogP contribution in [0.5, 0.6) is 0 Å². The van der Waals surface area contributed by atoms with Crippen molar-refractivity contribution in [1.82, 2.24) is 10.2 Å². The number of nitrogens with one attached hydrogen (secondary N) is 1. The van der Waals surface area contributed by atoms with Gasteiger partial charge >= 0.3 is 18.0 Å². The zero-order valence-electron chi connectivity index (χ0n) is 12.6. The molecule has 0 aromatic rings. The van der Waals surface area contributed by atoms with Gasteiger partial charge in [-0.25, -0.2) is 9.59 Å². The Morgan fingerprint density at radius 3 is 2.43 bits per heavy atom. The highest BCUT2D eigenvalue weighted by Gasteiger charge is 2.28. The number of methoxy groups -OCH3 is 1. The van der Waals surface area contributed by atoms with Gasteiger partial charge in [0.15, 0.2) is 0 Å². The number of amides is 2. The molecule has 0 spiro atoms. The van der Waals surface area contributed by atoms with E-state index in [0.717, 1.165) is 25.7 Å². The summed E-state index contributed by atoms with van der Waals surface area (Å²) < 4.78 is 4.48. The summed E-state index contributed by atoms with van der Waals surface area (Å²) in [4.78, 5) is 36.2. The van der Waals surface area contributed by atoms with E-state index in [1.54, 1.807) is 4.90 Å². The van der Waals surface area contributed by atoms with Gasteiger partial charge in [0.1, 0.15) is 6.04 Å². The van der Waals surface area contributed by atoms with Gasteiger partial charge < -0.3 is 20.1 Å². The highest BCUT2D eigenvalue weighted by molar-refractivity contribution is 5.83. The fourth-order valence-corrected chi connectivity index (χ4v) is 2.64. The van der Waals surface area contributed by atoms with Crippen LogP contribution in [0.1, 0.15) is 45.4 Å². The number of carboxylic acid groups (broad SMARTS) is 1. The van der Waals surface area contributed by atoms with Gasteiger partial charge in [-0.15, -0.1) is 0 Å². The Kier molecular flexibility index (Phi) is 6.98. The number of aliphatic carboxylic acids is 1. The molecule has 21 heavy (non-hydrogen) atoms. The van der Waals surface area contributed by atoms with Crippen molar-refractivity contribution in [3.63, 3.8) is 0 Å². The lowest BCUT2D eigenvalue weighted by Crippen LogP contribution is -2.50. The van der Waals surface area contributed by atoms with E-state index >= 15 is 0 Å². The SMILES string of the molecule is CCN(C(=O)N[C@H](CCC(=O)OC)C(=O)O)C1CCCC1. The highest BCUT2D eigenvalue weighted by atomic mass is 16.5. The first kappa shape index (κ1) is 17.3. The standard InChI is InChI=1S/C14H24N2O5/c1-3-16(10-6-4-5-7-10)14(20)15-11(13(18)19)8-9-12(17)21-2/h10-11H,3-9H2,1-2H3,(H,15,20)(H,18,19)/t11-/m1/s1. The van der Waals surface area contributed by atoms with Gasteiger partial charge in [-0.2, -0.15) is 0 Å². The van der Waals surface area contributed by atoms with E-state index in [-0.39, 0.29) is 24.9 Å². The summed E-state index contributed by atoms with van der Waals surface area (Å²) in [5.74, 6) is -1.63. The van der Waals surface area contributed by atoms with E-state index < -0.39 is 18.0 Å². The minimum atomic E-state index is -1.14. The predicted octanol–water partition coefficient (Wildman–Crippen LogP) is 1.37. The monoisotopic (exact) mass is 300 g/mol. The first-order valence-electron chi connectivity index (χ1n) is 7.36. The van der Waals surface area contributed by atoms with Crippen molar-refractivity contribution >= 4 is 18.0 Å². The van der Waals surface area contributed by atoms with Gasteiger partial charge in [0, 0.05) is 19.0 Å².